The third-order valence-corrected chi connectivity index (χ3v) is 1.36. The zero-order chi connectivity index (χ0) is 7.98. The summed E-state index contributed by atoms with van der Waals surface area (Å²) in [6.45, 7) is 3.89. The standard InChI is InChI=1S/C8H14O2/c1-7(2)8(10)5-3-4-6-9/h3-4,6-8,10H,5H2,1-2H3/b4-3+/t8-/m0/s1. The molecule has 0 spiro atoms. The van der Waals surface area contributed by atoms with Crippen LogP contribution in [0.25, 0.3) is 0 Å². The predicted octanol–water partition coefficient (Wildman–Crippen LogP) is 1.15. The van der Waals surface area contributed by atoms with E-state index in [1.54, 1.807) is 6.08 Å². The van der Waals surface area contributed by atoms with E-state index in [1.807, 2.05) is 13.8 Å². The summed E-state index contributed by atoms with van der Waals surface area (Å²) in [7, 11) is 0. The molecular formula is C8H14O2. The van der Waals surface area contributed by atoms with Crippen LogP contribution in [0.4, 0.5) is 0 Å². The van der Waals surface area contributed by atoms with Crippen LogP contribution in [0.15, 0.2) is 12.2 Å². The van der Waals surface area contributed by atoms with E-state index in [1.165, 1.54) is 6.08 Å². The normalized spacial score (nSPS) is 14.4. The van der Waals surface area contributed by atoms with E-state index in [2.05, 4.69) is 0 Å². The third kappa shape index (κ3) is 4.27. The monoisotopic (exact) mass is 142 g/mol. The molecule has 0 aliphatic heterocycles. The van der Waals surface area contributed by atoms with Crippen LogP contribution in [-0.2, 0) is 4.79 Å². The van der Waals surface area contributed by atoms with Crippen LogP contribution in [0, 0.1) is 5.92 Å². The highest BCUT2D eigenvalue weighted by atomic mass is 16.3. The molecule has 0 aromatic rings. The van der Waals surface area contributed by atoms with Crippen LogP contribution in [0.3, 0.4) is 0 Å². The average molecular weight is 142 g/mol. The molecule has 0 aromatic carbocycles. The molecular weight excluding hydrogens is 128 g/mol. The number of carbonyl (C=O) groups excluding carboxylic acids is 1. The number of aliphatic hydroxyl groups is 1. The fourth-order valence-corrected chi connectivity index (χ4v) is 0.546. The Morgan fingerprint density at radius 1 is 1.50 bits per heavy atom. The number of aldehydes is 1. The zero-order valence-corrected chi connectivity index (χ0v) is 6.45. The summed E-state index contributed by atoms with van der Waals surface area (Å²) in [5.74, 6) is 0.260. The maximum atomic E-state index is 9.79. The second-order valence-electron chi connectivity index (χ2n) is 2.61. The van der Waals surface area contributed by atoms with Gasteiger partial charge in [-0.1, -0.05) is 19.9 Å². The second kappa shape index (κ2) is 5.18. The van der Waals surface area contributed by atoms with Gasteiger partial charge in [0.1, 0.15) is 6.29 Å². The Kier molecular flexibility index (Phi) is 4.85. The molecule has 1 atom stereocenters. The molecule has 0 aliphatic rings. The Hall–Kier alpha value is -0.630. The molecule has 0 aliphatic carbocycles. The van der Waals surface area contributed by atoms with E-state index in [0.29, 0.717) is 12.7 Å². The van der Waals surface area contributed by atoms with Gasteiger partial charge in [-0.05, 0) is 18.4 Å². The SMILES string of the molecule is CC(C)[C@@H](O)C/C=C/C=O. The van der Waals surface area contributed by atoms with Gasteiger partial charge in [-0.15, -0.1) is 0 Å². The molecule has 0 heterocycles. The molecule has 0 fully saturated rings. The first-order chi connectivity index (χ1) is 4.68. The van der Waals surface area contributed by atoms with Gasteiger partial charge in [0.2, 0.25) is 0 Å². The van der Waals surface area contributed by atoms with Gasteiger partial charge < -0.3 is 5.11 Å². The lowest BCUT2D eigenvalue weighted by molar-refractivity contribution is -0.104. The van der Waals surface area contributed by atoms with Crippen molar-refractivity contribution in [1.82, 2.24) is 0 Å². The number of aliphatic hydroxyl groups excluding tert-OH is 1. The van der Waals surface area contributed by atoms with Gasteiger partial charge in [0.15, 0.2) is 0 Å². The summed E-state index contributed by atoms with van der Waals surface area (Å²) < 4.78 is 0. The maximum Gasteiger partial charge on any atom is 0.142 e. The first-order valence-corrected chi connectivity index (χ1v) is 3.47. The van der Waals surface area contributed by atoms with E-state index in [9.17, 15) is 9.90 Å². The Bertz CT molecular complexity index is 116. The predicted molar refractivity (Wildman–Crippen MR) is 40.7 cm³/mol. The van der Waals surface area contributed by atoms with E-state index in [0.717, 1.165) is 0 Å². The molecule has 2 nitrogen and oxygen atoms in total. The smallest absolute Gasteiger partial charge is 0.142 e. The molecule has 0 amide bonds. The second-order valence-corrected chi connectivity index (χ2v) is 2.61. The number of rotatable bonds is 4. The lowest BCUT2D eigenvalue weighted by Crippen LogP contribution is -2.12. The van der Waals surface area contributed by atoms with E-state index >= 15 is 0 Å². The number of carbonyl (C=O) groups is 1. The van der Waals surface area contributed by atoms with Gasteiger partial charge in [0.05, 0.1) is 6.10 Å². The summed E-state index contributed by atoms with van der Waals surface area (Å²) in [5, 5.41) is 9.19. The summed E-state index contributed by atoms with van der Waals surface area (Å²) in [5.41, 5.74) is 0. The van der Waals surface area contributed by atoms with Crippen LogP contribution in [0.5, 0.6) is 0 Å². The fraction of sp³-hybridized carbons (Fsp3) is 0.625. The average Bonchev–Trinajstić information content (AvgIpc) is 1.88. The highest BCUT2D eigenvalue weighted by molar-refractivity contribution is 5.64. The Morgan fingerprint density at radius 2 is 2.10 bits per heavy atom. The molecule has 58 valence electrons. The summed E-state index contributed by atoms with van der Waals surface area (Å²) in [6.07, 6.45) is 4.04. The van der Waals surface area contributed by atoms with Crippen molar-refractivity contribution < 1.29 is 9.90 Å². The minimum absolute atomic E-state index is 0.260. The van der Waals surface area contributed by atoms with Crippen molar-refractivity contribution in [2.75, 3.05) is 0 Å². The molecule has 10 heavy (non-hydrogen) atoms. The largest absolute Gasteiger partial charge is 0.393 e. The lowest BCUT2D eigenvalue weighted by atomic mass is 10.0. The maximum absolute atomic E-state index is 9.79. The van der Waals surface area contributed by atoms with Gasteiger partial charge in [0, 0.05) is 0 Å². The van der Waals surface area contributed by atoms with Crippen molar-refractivity contribution in [3.8, 4) is 0 Å². The van der Waals surface area contributed by atoms with Crippen LogP contribution >= 0.6 is 0 Å². The third-order valence-electron chi connectivity index (χ3n) is 1.36. The topological polar surface area (TPSA) is 37.3 Å². The van der Waals surface area contributed by atoms with Crippen LogP contribution in [0.1, 0.15) is 20.3 Å². The minimum atomic E-state index is -0.323. The first-order valence-electron chi connectivity index (χ1n) is 3.47. The highest BCUT2D eigenvalue weighted by Gasteiger charge is 2.05. The van der Waals surface area contributed by atoms with Gasteiger partial charge in [-0.3, -0.25) is 4.79 Å². The Labute approximate surface area is 61.6 Å². The molecule has 0 rings (SSSR count). The van der Waals surface area contributed by atoms with E-state index < -0.39 is 0 Å². The van der Waals surface area contributed by atoms with E-state index in [4.69, 9.17) is 0 Å². The summed E-state index contributed by atoms with van der Waals surface area (Å²) >= 11 is 0. The molecule has 0 saturated carbocycles. The van der Waals surface area contributed by atoms with Crippen molar-refractivity contribution in [2.24, 2.45) is 5.92 Å². The van der Waals surface area contributed by atoms with Crippen molar-refractivity contribution >= 4 is 6.29 Å². The first kappa shape index (κ1) is 9.37. The van der Waals surface area contributed by atoms with Crippen LogP contribution in [-0.4, -0.2) is 17.5 Å². The fourth-order valence-electron chi connectivity index (χ4n) is 0.546. The lowest BCUT2D eigenvalue weighted by Gasteiger charge is -2.10. The molecule has 0 bridgehead atoms. The highest BCUT2D eigenvalue weighted by Crippen LogP contribution is 2.05. The summed E-state index contributed by atoms with van der Waals surface area (Å²) in [4.78, 5) is 9.79. The molecule has 2 heteroatoms. The van der Waals surface area contributed by atoms with Crippen molar-refractivity contribution in [2.45, 2.75) is 26.4 Å². The van der Waals surface area contributed by atoms with Gasteiger partial charge >= 0.3 is 0 Å². The number of allylic oxidation sites excluding steroid dienone is 1. The molecule has 0 radical (unpaired) electrons. The molecule has 0 unspecified atom stereocenters. The van der Waals surface area contributed by atoms with Gasteiger partial charge in [-0.25, -0.2) is 0 Å². The summed E-state index contributed by atoms with van der Waals surface area (Å²) in [6, 6.07) is 0. The van der Waals surface area contributed by atoms with Crippen molar-refractivity contribution in [3.63, 3.8) is 0 Å². The molecule has 1 N–H and O–H groups in total. The Morgan fingerprint density at radius 3 is 2.50 bits per heavy atom. The quantitative estimate of drug-likeness (QED) is 0.472. The van der Waals surface area contributed by atoms with Crippen molar-refractivity contribution in [1.29, 1.82) is 0 Å². The molecule has 0 aromatic heterocycles. The Balaban J connectivity index is 3.48. The van der Waals surface area contributed by atoms with Crippen molar-refractivity contribution in [3.05, 3.63) is 12.2 Å². The van der Waals surface area contributed by atoms with Gasteiger partial charge in [-0.2, -0.15) is 0 Å². The minimum Gasteiger partial charge on any atom is -0.393 e. The molecule has 0 saturated heterocycles. The van der Waals surface area contributed by atoms with Crippen LogP contribution in [0.2, 0.25) is 0 Å². The number of hydrogen-bond acceptors (Lipinski definition) is 2. The zero-order valence-electron chi connectivity index (χ0n) is 6.45. The van der Waals surface area contributed by atoms with Crippen LogP contribution < -0.4 is 0 Å². The number of hydrogen-bond donors (Lipinski definition) is 1. The van der Waals surface area contributed by atoms with E-state index in [-0.39, 0.29) is 12.0 Å². The van der Waals surface area contributed by atoms with Gasteiger partial charge in [0.25, 0.3) is 0 Å².